The van der Waals surface area contributed by atoms with Crippen molar-refractivity contribution in [1.29, 1.82) is 0 Å². The molecule has 0 aliphatic rings. The summed E-state index contributed by atoms with van der Waals surface area (Å²) in [6.45, 7) is 11.2. The summed E-state index contributed by atoms with van der Waals surface area (Å²) in [5, 5.41) is 12.3. The van der Waals surface area contributed by atoms with Crippen LogP contribution in [-0.2, 0) is 17.9 Å². The zero-order valence-electron chi connectivity index (χ0n) is 14.4. The van der Waals surface area contributed by atoms with Crippen LogP contribution in [0.15, 0.2) is 6.20 Å². The standard InChI is InChI=1S/C16H24ClN5O/c1-6-21-12(4)14(9-18-21)10(2)19-15(23)7-8-22-13(5)16(17)11(3)20-22/h9-10H,6-8H2,1-5H3,(H,19,23). The Morgan fingerprint density at radius 1 is 1.30 bits per heavy atom. The molecule has 0 saturated heterocycles. The molecule has 0 aliphatic heterocycles. The molecular weight excluding hydrogens is 314 g/mol. The molecule has 23 heavy (non-hydrogen) atoms. The molecule has 1 unspecified atom stereocenters. The Kier molecular flexibility index (Phi) is 5.46. The van der Waals surface area contributed by atoms with Crippen molar-refractivity contribution in [3.8, 4) is 0 Å². The zero-order chi connectivity index (χ0) is 17.1. The van der Waals surface area contributed by atoms with E-state index in [0.717, 1.165) is 29.2 Å². The molecule has 0 saturated carbocycles. The quantitative estimate of drug-likeness (QED) is 0.881. The van der Waals surface area contributed by atoms with Crippen LogP contribution in [0.5, 0.6) is 0 Å². The Hall–Kier alpha value is -1.82. The molecule has 0 radical (unpaired) electrons. The number of carbonyl (C=O) groups excluding carboxylic acids is 1. The number of rotatable bonds is 6. The normalized spacial score (nSPS) is 12.4. The molecule has 1 N–H and O–H groups in total. The van der Waals surface area contributed by atoms with Crippen LogP contribution in [0.25, 0.3) is 0 Å². The average Bonchev–Trinajstić information content (AvgIpc) is 3.00. The molecule has 0 spiro atoms. The van der Waals surface area contributed by atoms with Gasteiger partial charge >= 0.3 is 0 Å². The molecule has 0 fully saturated rings. The minimum atomic E-state index is -0.0631. The summed E-state index contributed by atoms with van der Waals surface area (Å²) in [6, 6.07) is -0.0631. The molecular formula is C16H24ClN5O. The van der Waals surface area contributed by atoms with E-state index in [1.165, 1.54) is 0 Å². The van der Waals surface area contributed by atoms with E-state index < -0.39 is 0 Å². The molecule has 6 nitrogen and oxygen atoms in total. The van der Waals surface area contributed by atoms with Gasteiger partial charge in [-0.1, -0.05) is 11.6 Å². The van der Waals surface area contributed by atoms with Gasteiger partial charge in [0.25, 0.3) is 0 Å². The maximum atomic E-state index is 12.2. The number of amides is 1. The van der Waals surface area contributed by atoms with E-state index in [2.05, 4.69) is 15.5 Å². The number of aryl methyl sites for hydroxylation is 3. The summed E-state index contributed by atoms with van der Waals surface area (Å²) in [6.07, 6.45) is 2.19. The monoisotopic (exact) mass is 337 g/mol. The van der Waals surface area contributed by atoms with Crippen LogP contribution in [-0.4, -0.2) is 25.5 Å². The number of aromatic nitrogens is 4. The number of halogens is 1. The number of carbonyl (C=O) groups is 1. The first kappa shape index (κ1) is 17.5. The minimum absolute atomic E-state index is 0.00942. The number of nitrogens with one attached hydrogen (secondary N) is 1. The van der Waals surface area contributed by atoms with Crippen molar-refractivity contribution in [2.45, 2.75) is 60.2 Å². The molecule has 2 heterocycles. The van der Waals surface area contributed by atoms with Crippen LogP contribution >= 0.6 is 11.6 Å². The lowest BCUT2D eigenvalue weighted by Gasteiger charge is -2.14. The van der Waals surface area contributed by atoms with Gasteiger partial charge in [0, 0.05) is 24.2 Å². The fourth-order valence-corrected chi connectivity index (χ4v) is 2.83. The number of hydrogen-bond acceptors (Lipinski definition) is 3. The number of nitrogens with zero attached hydrogens (tertiary/aromatic N) is 4. The Bertz CT molecular complexity index is 704. The highest BCUT2D eigenvalue weighted by Crippen LogP contribution is 2.19. The van der Waals surface area contributed by atoms with Crippen LogP contribution in [0, 0.1) is 20.8 Å². The van der Waals surface area contributed by atoms with Crippen LogP contribution in [0.1, 0.15) is 49.0 Å². The molecule has 2 aromatic rings. The lowest BCUT2D eigenvalue weighted by atomic mass is 10.1. The van der Waals surface area contributed by atoms with Crippen LogP contribution < -0.4 is 5.32 Å². The van der Waals surface area contributed by atoms with Crippen molar-refractivity contribution in [3.63, 3.8) is 0 Å². The Labute approximate surface area is 141 Å². The zero-order valence-corrected chi connectivity index (χ0v) is 15.1. The average molecular weight is 338 g/mol. The summed E-state index contributed by atoms with van der Waals surface area (Å²) in [5.74, 6) is -0.00942. The van der Waals surface area contributed by atoms with E-state index in [1.54, 1.807) is 4.68 Å². The van der Waals surface area contributed by atoms with Crippen molar-refractivity contribution in [2.24, 2.45) is 0 Å². The van der Waals surface area contributed by atoms with Crippen LogP contribution in [0.2, 0.25) is 5.02 Å². The van der Waals surface area contributed by atoms with Crippen LogP contribution in [0.4, 0.5) is 0 Å². The van der Waals surface area contributed by atoms with Gasteiger partial charge in [-0.25, -0.2) is 0 Å². The van der Waals surface area contributed by atoms with Crippen molar-refractivity contribution in [3.05, 3.63) is 33.9 Å². The fourth-order valence-electron chi connectivity index (χ4n) is 2.70. The van der Waals surface area contributed by atoms with Gasteiger partial charge in [0.15, 0.2) is 0 Å². The van der Waals surface area contributed by atoms with Crippen molar-refractivity contribution >= 4 is 17.5 Å². The first-order valence-electron chi connectivity index (χ1n) is 7.86. The van der Waals surface area contributed by atoms with Crippen molar-refractivity contribution in [1.82, 2.24) is 24.9 Å². The van der Waals surface area contributed by atoms with Gasteiger partial charge in [-0.3, -0.25) is 14.2 Å². The van der Waals surface area contributed by atoms with E-state index in [4.69, 9.17) is 11.6 Å². The van der Waals surface area contributed by atoms with Gasteiger partial charge in [0.05, 0.1) is 35.2 Å². The second-order valence-corrected chi connectivity index (χ2v) is 6.13. The molecule has 126 valence electrons. The van der Waals surface area contributed by atoms with Crippen molar-refractivity contribution in [2.75, 3.05) is 0 Å². The van der Waals surface area contributed by atoms with E-state index in [1.807, 2.05) is 45.5 Å². The third-order valence-electron chi connectivity index (χ3n) is 4.13. The Balaban J connectivity index is 1.93. The molecule has 2 rings (SSSR count). The lowest BCUT2D eigenvalue weighted by Crippen LogP contribution is -2.28. The predicted octanol–water partition coefficient (Wildman–Crippen LogP) is 2.95. The molecule has 0 aliphatic carbocycles. The largest absolute Gasteiger partial charge is 0.349 e. The second kappa shape index (κ2) is 7.17. The van der Waals surface area contributed by atoms with Gasteiger partial charge in [0.2, 0.25) is 5.91 Å². The smallest absolute Gasteiger partial charge is 0.222 e. The highest BCUT2D eigenvalue weighted by atomic mass is 35.5. The van der Waals surface area contributed by atoms with Crippen molar-refractivity contribution < 1.29 is 4.79 Å². The van der Waals surface area contributed by atoms with Gasteiger partial charge < -0.3 is 5.32 Å². The lowest BCUT2D eigenvalue weighted by molar-refractivity contribution is -0.122. The maximum Gasteiger partial charge on any atom is 0.222 e. The predicted molar refractivity (Wildman–Crippen MR) is 90.5 cm³/mol. The van der Waals surface area contributed by atoms with E-state index in [0.29, 0.717) is 18.0 Å². The van der Waals surface area contributed by atoms with E-state index in [9.17, 15) is 4.79 Å². The summed E-state index contributed by atoms with van der Waals surface area (Å²) in [7, 11) is 0. The summed E-state index contributed by atoms with van der Waals surface area (Å²) in [5.41, 5.74) is 3.82. The molecule has 1 atom stereocenters. The molecule has 0 bridgehead atoms. The molecule has 1 amide bonds. The number of hydrogen-bond donors (Lipinski definition) is 1. The summed E-state index contributed by atoms with van der Waals surface area (Å²) in [4.78, 5) is 12.2. The first-order chi connectivity index (χ1) is 10.8. The third kappa shape index (κ3) is 3.75. The van der Waals surface area contributed by atoms with Crippen LogP contribution in [0.3, 0.4) is 0 Å². The molecule has 0 aromatic carbocycles. The maximum absolute atomic E-state index is 12.2. The van der Waals surface area contributed by atoms with Gasteiger partial charge in [-0.15, -0.1) is 0 Å². The molecule has 2 aromatic heterocycles. The SMILES string of the molecule is CCn1ncc(C(C)NC(=O)CCn2nc(C)c(Cl)c2C)c1C. The first-order valence-corrected chi connectivity index (χ1v) is 8.24. The Morgan fingerprint density at radius 2 is 2.00 bits per heavy atom. The summed E-state index contributed by atoms with van der Waals surface area (Å²) >= 11 is 6.12. The fraction of sp³-hybridized carbons (Fsp3) is 0.562. The topological polar surface area (TPSA) is 64.7 Å². The van der Waals surface area contributed by atoms with E-state index in [-0.39, 0.29) is 11.9 Å². The molecule has 7 heteroatoms. The van der Waals surface area contributed by atoms with E-state index >= 15 is 0 Å². The summed E-state index contributed by atoms with van der Waals surface area (Å²) < 4.78 is 3.71. The second-order valence-electron chi connectivity index (χ2n) is 5.75. The highest BCUT2D eigenvalue weighted by Gasteiger charge is 2.16. The van der Waals surface area contributed by atoms with Gasteiger partial charge in [0.1, 0.15) is 0 Å². The minimum Gasteiger partial charge on any atom is -0.349 e. The van der Waals surface area contributed by atoms with Gasteiger partial charge in [-0.05, 0) is 34.6 Å². The van der Waals surface area contributed by atoms with Gasteiger partial charge in [-0.2, -0.15) is 10.2 Å². The third-order valence-corrected chi connectivity index (χ3v) is 4.68. The Morgan fingerprint density at radius 3 is 2.52 bits per heavy atom. The highest BCUT2D eigenvalue weighted by molar-refractivity contribution is 6.31.